The van der Waals surface area contributed by atoms with Gasteiger partial charge in [-0.2, -0.15) is 0 Å². The van der Waals surface area contributed by atoms with Crippen molar-refractivity contribution >= 4 is 102 Å². The van der Waals surface area contributed by atoms with Crippen molar-refractivity contribution in [1.29, 1.82) is 0 Å². The molecule has 282 valence electrons. The van der Waals surface area contributed by atoms with E-state index < -0.39 is 0 Å². The van der Waals surface area contributed by atoms with Crippen molar-refractivity contribution in [2.24, 2.45) is 0 Å². The number of thiophene rings is 1. The molecule has 0 radical (unpaired) electrons. The highest BCUT2D eigenvalue weighted by Crippen LogP contribution is 2.46. The van der Waals surface area contributed by atoms with E-state index in [0.29, 0.717) is 17.5 Å². The van der Waals surface area contributed by atoms with E-state index in [1.807, 2.05) is 47.7 Å². The molecule has 0 unspecified atom stereocenters. The molecular formula is C55H31N5S. The molecule has 0 aliphatic rings. The van der Waals surface area contributed by atoms with E-state index in [0.717, 1.165) is 38.8 Å². The summed E-state index contributed by atoms with van der Waals surface area (Å²) in [4.78, 5) is 15.7. The van der Waals surface area contributed by atoms with E-state index in [-0.39, 0.29) is 0 Å². The van der Waals surface area contributed by atoms with Gasteiger partial charge in [0.05, 0.1) is 27.6 Å². The molecule has 0 atom stereocenters. The van der Waals surface area contributed by atoms with Crippen LogP contribution < -0.4 is 0 Å². The van der Waals surface area contributed by atoms with E-state index in [1.165, 1.54) is 74.4 Å². The van der Waals surface area contributed by atoms with Gasteiger partial charge in [0, 0.05) is 74.9 Å². The predicted octanol–water partition coefficient (Wildman–Crippen LogP) is 14.6. The van der Waals surface area contributed by atoms with Crippen molar-refractivity contribution in [3.63, 3.8) is 0 Å². The maximum atomic E-state index is 5.31. The Balaban J connectivity index is 1.14. The summed E-state index contributed by atoms with van der Waals surface area (Å²) in [5, 5.41) is 12.4. The van der Waals surface area contributed by atoms with Crippen LogP contribution in [0.1, 0.15) is 0 Å². The summed E-state index contributed by atoms with van der Waals surface area (Å²) in [5.74, 6) is 1.93. The highest BCUT2D eigenvalue weighted by molar-refractivity contribution is 7.26. The van der Waals surface area contributed by atoms with Gasteiger partial charge in [-0.25, -0.2) is 15.0 Å². The average molecular weight is 794 g/mol. The van der Waals surface area contributed by atoms with Gasteiger partial charge >= 0.3 is 0 Å². The Kier molecular flexibility index (Phi) is 6.65. The largest absolute Gasteiger partial charge is 0.309 e. The number of aromatic nitrogens is 5. The Morgan fingerprint density at radius 3 is 1.79 bits per heavy atom. The van der Waals surface area contributed by atoms with Crippen LogP contribution in [-0.4, -0.2) is 23.9 Å². The number of nitrogens with zero attached hydrogens (tertiary/aromatic N) is 5. The minimum atomic E-state index is 0.645. The molecule has 0 spiro atoms. The number of benzene rings is 9. The number of rotatable bonds is 4. The molecule has 6 heteroatoms. The first-order valence-corrected chi connectivity index (χ1v) is 21.4. The molecule has 5 heterocycles. The van der Waals surface area contributed by atoms with Gasteiger partial charge in [0.25, 0.3) is 0 Å². The zero-order valence-electron chi connectivity index (χ0n) is 32.5. The normalized spacial score (nSPS) is 12.3. The van der Waals surface area contributed by atoms with Gasteiger partial charge in [-0.05, 0) is 53.2 Å². The van der Waals surface area contributed by atoms with E-state index >= 15 is 0 Å². The van der Waals surface area contributed by atoms with Crippen molar-refractivity contribution in [3.05, 3.63) is 188 Å². The second-order valence-electron chi connectivity index (χ2n) is 16.0. The molecule has 9 aromatic carbocycles. The molecule has 0 amide bonds. The third-order valence-electron chi connectivity index (χ3n) is 12.7. The molecule has 5 nitrogen and oxygen atoms in total. The van der Waals surface area contributed by atoms with E-state index in [2.05, 4.69) is 161 Å². The van der Waals surface area contributed by atoms with Crippen LogP contribution in [0.5, 0.6) is 0 Å². The van der Waals surface area contributed by atoms with E-state index in [9.17, 15) is 0 Å². The van der Waals surface area contributed by atoms with Gasteiger partial charge in [-0.3, -0.25) is 0 Å². The summed E-state index contributed by atoms with van der Waals surface area (Å²) < 4.78 is 7.37. The van der Waals surface area contributed by atoms with Crippen molar-refractivity contribution in [2.45, 2.75) is 0 Å². The van der Waals surface area contributed by atoms with Gasteiger partial charge in [-0.15, -0.1) is 11.3 Å². The van der Waals surface area contributed by atoms with Crippen molar-refractivity contribution in [2.75, 3.05) is 0 Å². The Labute approximate surface area is 352 Å². The average Bonchev–Trinajstić information content (AvgIpc) is 4.06. The fraction of sp³-hybridized carbons (Fsp3) is 0. The zero-order chi connectivity index (χ0) is 39.8. The maximum Gasteiger partial charge on any atom is 0.164 e. The lowest BCUT2D eigenvalue weighted by Gasteiger charge is -2.13. The molecule has 0 aliphatic carbocycles. The lowest BCUT2D eigenvalue weighted by atomic mass is 10.0. The first kappa shape index (κ1) is 33.0. The van der Waals surface area contributed by atoms with Crippen LogP contribution in [0.2, 0.25) is 0 Å². The van der Waals surface area contributed by atoms with E-state index in [1.54, 1.807) is 0 Å². The van der Waals surface area contributed by atoms with Crippen LogP contribution in [0.15, 0.2) is 188 Å². The quantitative estimate of drug-likeness (QED) is 0.178. The van der Waals surface area contributed by atoms with Gasteiger partial charge < -0.3 is 8.97 Å². The topological polar surface area (TPSA) is 48.0 Å². The monoisotopic (exact) mass is 793 g/mol. The first-order chi connectivity index (χ1) is 30.2. The summed E-state index contributed by atoms with van der Waals surface area (Å²) in [6, 6.07) is 67.7. The third-order valence-corrected chi connectivity index (χ3v) is 13.8. The number of hydrogen-bond donors (Lipinski definition) is 0. The van der Waals surface area contributed by atoms with Gasteiger partial charge in [0.2, 0.25) is 0 Å². The molecule has 14 aromatic rings. The summed E-state index contributed by atoms with van der Waals surface area (Å²) >= 11 is 1.82. The minimum Gasteiger partial charge on any atom is -0.309 e. The standard InChI is InChI=1S/C55H31N5S/c1-3-15-33(16-4-1)53-56-54(34-17-5-2-6-18-34)58-55(57-53)43-28-35(29-49-51(43)40-21-10-12-25-48(40)61-49)59-45-27-26-32-14-7-8-19-36(32)50(45)42-30-41-39-23-13-22-38-37-20-9-11-24-44(37)60(52(38)39)46(41)31-47(42)59/h1-31H. The minimum absolute atomic E-state index is 0.645. The molecule has 61 heavy (non-hydrogen) atoms. The predicted molar refractivity (Wildman–Crippen MR) is 256 cm³/mol. The summed E-state index contributed by atoms with van der Waals surface area (Å²) in [6.07, 6.45) is 0. The van der Waals surface area contributed by atoms with Gasteiger partial charge in [0.1, 0.15) is 0 Å². The molecular weight excluding hydrogens is 763 g/mol. The summed E-state index contributed by atoms with van der Waals surface area (Å²) in [5.41, 5.74) is 9.94. The second kappa shape index (κ2) is 12.3. The second-order valence-corrected chi connectivity index (χ2v) is 17.0. The van der Waals surface area contributed by atoms with Crippen LogP contribution in [0.3, 0.4) is 0 Å². The third kappa shape index (κ3) is 4.62. The van der Waals surface area contributed by atoms with E-state index in [4.69, 9.17) is 15.0 Å². The van der Waals surface area contributed by atoms with Gasteiger partial charge in [0.15, 0.2) is 17.5 Å². The fourth-order valence-corrected chi connectivity index (χ4v) is 11.2. The molecule has 0 N–H and O–H groups in total. The Hall–Kier alpha value is -7.93. The lowest BCUT2D eigenvalue weighted by Crippen LogP contribution is -2.01. The molecule has 0 aliphatic heterocycles. The molecule has 0 saturated carbocycles. The summed E-state index contributed by atoms with van der Waals surface area (Å²) in [6.45, 7) is 0. The molecule has 0 bridgehead atoms. The van der Waals surface area contributed by atoms with Crippen LogP contribution in [0.25, 0.3) is 131 Å². The Morgan fingerprint density at radius 1 is 0.361 bits per heavy atom. The van der Waals surface area contributed by atoms with Crippen LogP contribution in [0, 0.1) is 0 Å². The Bertz CT molecular complexity index is 4050. The smallest absolute Gasteiger partial charge is 0.164 e. The first-order valence-electron chi connectivity index (χ1n) is 20.6. The van der Waals surface area contributed by atoms with Crippen LogP contribution in [0.4, 0.5) is 0 Å². The lowest BCUT2D eigenvalue weighted by molar-refractivity contribution is 1.07. The molecule has 5 aromatic heterocycles. The maximum absolute atomic E-state index is 5.31. The Morgan fingerprint density at radius 2 is 1.00 bits per heavy atom. The van der Waals surface area contributed by atoms with Crippen molar-refractivity contribution in [3.8, 4) is 39.9 Å². The number of para-hydroxylation sites is 2. The zero-order valence-corrected chi connectivity index (χ0v) is 33.4. The molecule has 0 saturated heterocycles. The van der Waals surface area contributed by atoms with Crippen LogP contribution in [-0.2, 0) is 0 Å². The van der Waals surface area contributed by atoms with Crippen molar-refractivity contribution < 1.29 is 0 Å². The number of hydrogen-bond acceptors (Lipinski definition) is 4. The number of fused-ring (bicyclic) bond motifs is 14. The molecule has 0 fully saturated rings. The molecule has 14 rings (SSSR count). The van der Waals surface area contributed by atoms with Gasteiger partial charge in [-0.1, -0.05) is 146 Å². The van der Waals surface area contributed by atoms with Crippen LogP contribution >= 0.6 is 11.3 Å². The SMILES string of the molecule is c1ccc(-c2nc(-c3ccccc3)nc(-c3cc(-n4c5cc6c(cc5c5c7ccccc7ccc54)c4cccc5c7ccccc7n6c54)cc4sc5ccccc5c34)n2)cc1. The highest BCUT2D eigenvalue weighted by Gasteiger charge is 2.24. The highest BCUT2D eigenvalue weighted by atomic mass is 32.1. The van der Waals surface area contributed by atoms with Crippen molar-refractivity contribution in [1.82, 2.24) is 23.9 Å². The fourth-order valence-electron chi connectivity index (χ4n) is 10.1. The summed E-state index contributed by atoms with van der Waals surface area (Å²) in [7, 11) is 0.